The predicted molar refractivity (Wildman–Crippen MR) is 118 cm³/mol. The molecule has 0 bridgehead atoms. The average molecular weight is 422 g/mol. The van der Waals surface area contributed by atoms with Gasteiger partial charge < -0.3 is 15.6 Å². The lowest BCUT2D eigenvalue weighted by Gasteiger charge is -2.12. The number of nitrogens with zero attached hydrogens (tertiary/aromatic N) is 1. The Labute approximate surface area is 179 Å². The van der Waals surface area contributed by atoms with Gasteiger partial charge in [0.2, 0.25) is 0 Å². The maximum Gasteiger partial charge on any atom is 0.279 e. The monoisotopic (exact) mass is 422 g/mol. The van der Waals surface area contributed by atoms with Crippen molar-refractivity contribution >= 4 is 18.0 Å². The van der Waals surface area contributed by atoms with E-state index in [1.165, 1.54) is 19.2 Å². The molecule has 0 radical (unpaired) electrons. The van der Waals surface area contributed by atoms with Crippen LogP contribution in [0.4, 0.5) is 4.39 Å². The molecule has 31 heavy (non-hydrogen) atoms. The molecule has 0 heterocycles. The molecule has 3 rings (SSSR count). The second-order valence-corrected chi connectivity index (χ2v) is 6.39. The third-order valence-electron chi connectivity index (χ3n) is 4.53. The van der Waals surface area contributed by atoms with Crippen LogP contribution >= 0.6 is 0 Å². The summed E-state index contributed by atoms with van der Waals surface area (Å²) >= 11 is 0. The number of amidine groups is 1. The van der Waals surface area contributed by atoms with E-state index >= 15 is 0 Å². The molecule has 0 spiro atoms. The molecule has 0 unspecified atom stereocenters. The van der Waals surface area contributed by atoms with Crippen molar-refractivity contribution in [3.8, 4) is 16.9 Å². The number of amides is 1. The average Bonchev–Trinajstić information content (AvgIpc) is 2.80. The van der Waals surface area contributed by atoms with E-state index in [1.54, 1.807) is 18.2 Å². The number of aliphatic hydroxyl groups excluding tert-OH is 1. The minimum Gasteiger partial charge on any atom is -0.496 e. The summed E-state index contributed by atoms with van der Waals surface area (Å²) in [5.41, 5.74) is 9.18. The Morgan fingerprint density at radius 3 is 2.32 bits per heavy atom. The molecule has 0 saturated heterocycles. The number of nitrogens with two attached hydrogens (primary N) is 1. The Bertz CT molecular complexity index is 1130. The van der Waals surface area contributed by atoms with Crippen molar-refractivity contribution in [1.82, 2.24) is 0 Å². The van der Waals surface area contributed by atoms with Crippen LogP contribution < -0.4 is 10.5 Å². The van der Waals surface area contributed by atoms with Gasteiger partial charge in [0.15, 0.2) is 6.29 Å². The van der Waals surface area contributed by atoms with E-state index in [2.05, 4.69) is 4.99 Å². The minimum atomic E-state index is -0.729. The van der Waals surface area contributed by atoms with E-state index < -0.39 is 11.7 Å². The fraction of sp³-hybridized carbons (Fsp3) is 0.125. The predicted octanol–water partition coefficient (Wildman–Crippen LogP) is 3.78. The van der Waals surface area contributed by atoms with Crippen molar-refractivity contribution in [1.29, 1.82) is 0 Å². The Kier molecular flexibility index (Phi) is 8.16. The molecule has 3 N–H and O–H groups in total. The highest BCUT2D eigenvalue weighted by Gasteiger charge is 2.14. The van der Waals surface area contributed by atoms with Crippen molar-refractivity contribution in [3.63, 3.8) is 0 Å². The summed E-state index contributed by atoms with van der Waals surface area (Å²) in [6.45, 7) is 1.99. The van der Waals surface area contributed by atoms with Crippen LogP contribution in [0, 0.1) is 12.7 Å². The minimum absolute atomic E-state index is 0.0931. The highest BCUT2D eigenvalue weighted by atomic mass is 19.1. The zero-order valence-electron chi connectivity index (χ0n) is 17.4. The molecule has 0 aliphatic carbocycles. The number of hydrogen-bond donors (Lipinski definition) is 2. The molecular formula is C24H23FN2O4. The number of carbonyl (C=O) groups excluding carboxylic acids is 2. The number of aliphatic imine (C=N–C) groups is 1. The first kappa shape index (κ1) is 23.4. The number of halogens is 1. The molecule has 3 aromatic rings. The fourth-order valence-corrected chi connectivity index (χ4v) is 2.94. The lowest BCUT2D eigenvalue weighted by molar-refractivity contribution is 0.100. The van der Waals surface area contributed by atoms with Crippen molar-refractivity contribution in [2.45, 2.75) is 6.92 Å². The number of carbonyl (C=O) groups is 2. The van der Waals surface area contributed by atoms with Gasteiger partial charge in [-0.05, 0) is 48.4 Å². The molecule has 7 heteroatoms. The van der Waals surface area contributed by atoms with Crippen LogP contribution in [-0.2, 0) is 0 Å². The summed E-state index contributed by atoms with van der Waals surface area (Å²) in [5, 5.41) is 7.00. The Morgan fingerprint density at radius 2 is 1.71 bits per heavy atom. The van der Waals surface area contributed by atoms with Crippen LogP contribution in [-0.4, -0.2) is 37.4 Å². The number of methoxy groups -OCH3 is 1. The molecular weight excluding hydrogens is 399 g/mol. The van der Waals surface area contributed by atoms with Gasteiger partial charge in [-0.25, -0.2) is 4.39 Å². The highest BCUT2D eigenvalue weighted by molar-refractivity contribution is 6.09. The summed E-state index contributed by atoms with van der Waals surface area (Å²) in [7, 11) is 2.53. The van der Waals surface area contributed by atoms with E-state index in [9.17, 15) is 14.0 Å². The lowest BCUT2D eigenvalue weighted by atomic mass is 9.98. The smallest absolute Gasteiger partial charge is 0.279 e. The van der Waals surface area contributed by atoms with Gasteiger partial charge in [0.25, 0.3) is 5.91 Å². The summed E-state index contributed by atoms with van der Waals surface area (Å²) in [4.78, 5) is 27.1. The summed E-state index contributed by atoms with van der Waals surface area (Å²) in [6, 6.07) is 16.7. The van der Waals surface area contributed by atoms with Gasteiger partial charge in [-0.3, -0.25) is 9.59 Å². The number of aryl methyl sites for hydroxylation is 1. The van der Waals surface area contributed by atoms with Crippen LogP contribution in [0.2, 0.25) is 0 Å². The lowest BCUT2D eigenvalue weighted by Crippen LogP contribution is -2.16. The highest BCUT2D eigenvalue weighted by Crippen LogP contribution is 2.33. The van der Waals surface area contributed by atoms with Gasteiger partial charge in [0.05, 0.1) is 12.7 Å². The van der Waals surface area contributed by atoms with Gasteiger partial charge in [-0.1, -0.05) is 30.3 Å². The standard InChI is InChI=1S/C23H19FN2O3.CH4O/c1-14-5-3-4-6-18(14)19-10-9-16(12-21(19)29-2)23(28)26-22(25)15-7-8-17(13-27)20(24)11-15;1-2/h3-13H,1-2H3,(H2,25,26,28);2H,1H3. The van der Waals surface area contributed by atoms with Crippen LogP contribution in [0.3, 0.4) is 0 Å². The molecule has 160 valence electrons. The normalized spacial score (nSPS) is 10.7. The second kappa shape index (κ2) is 10.8. The number of hydrogen-bond acceptors (Lipinski definition) is 4. The van der Waals surface area contributed by atoms with Crippen molar-refractivity contribution in [3.05, 3.63) is 88.7 Å². The Hall–Kier alpha value is -3.84. The van der Waals surface area contributed by atoms with Crippen molar-refractivity contribution < 1.29 is 23.8 Å². The number of aldehydes is 1. The van der Waals surface area contributed by atoms with Crippen LogP contribution in [0.5, 0.6) is 5.75 Å². The molecule has 0 atom stereocenters. The molecule has 0 aliphatic heterocycles. The molecule has 6 nitrogen and oxygen atoms in total. The Balaban J connectivity index is 0.00000166. The summed E-state index contributed by atoms with van der Waals surface area (Å²) < 4.78 is 19.2. The zero-order valence-corrected chi connectivity index (χ0v) is 17.4. The largest absolute Gasteiger partial charge is 0.496 e. The van der Waals surface area contributed by atoms with E-state index in [4.69, 9.17) is 15.6 Å². The van der Waals surface area contributed by atoms with Crippen molar-refractivity contribution in [2.24, 2.45) is 10.7 Å². The van der Waals surface area contributed by atoms with Crippen LogP contribution in [0.25, 0.3) is 11.1 Å². The number of benzene rings is 3. The molecule has 1 amide bonds. The van der Waals surface area contributed by atoms with E-state index in [0.29, 0.717) is 12.0 Å². The van der Waals surface area contributed by atoms with E-state index in [0.717, 1.165) is 29.9 Å². The third-order valence-corrected chi connectivity index (χ3v) is 4.53. The quantitative estimate of drug-likeness (QED) is 0.370. The maximum atomic E-state index is 13.8. The number of rotatable bonds is 5. The van der Waals surface area contributed by atoms with Crippen molar-refractivity contribution in [2.75, 3.05) is 14.2 Å². The third kappa shape index (κ3) is 5.40. The van der Waals surface area contributed by atoms with Gasteiger partial charge >= 0.3 is 0 Å². The first-order chi connectivity index (χ1) is 14.9. The van der Waals surface area contributed by atoms with Gasteiger partial charge in [0, 0.05) is 23.8 Å². The zero-order chi connectivity index (χ0) is 23.0. The van der Waals surface area contributed by atoms with E-state index in [1.807, 2.05) is 31.2 Å². The van der Waals surface area contributed by atoms with Gasteiger partial charge in [-0.2, -0.15) is 4.99 Å². The Morgan fingerprint density at radius 1 is 1.03 bits per heavy atom. The summed E-state index contributed by atoms with van der Waals surface area (Å²) in [5.74, 6) is -0.932. The molecule has 0 aliphatic rings. The molecule has 0 fully saturated rings. The SMILES string of the molecule is CO.COc1cc(C(=O)N=C(N)c2ccc(C=O)c(F)c2)ccc1-c1ccccc1C. The number of aliphatic hydroxyl groups is 1. The summed E-state index contributed by atoms with van der Waals surface area (Å²) in [6.07, 6.45) is 0.403. The molecule has 3 aromatic carbocycles. The first-order valence-electron chi connectivity index (χ1n) is 9.27. The molecule has 0 aromatic heterocycles. The first-order valence-corrected chi connectivity index (χ1v) is 9.27. The maximum absolute atomic E-state index is 13.8. The molecule has 0 saturated carbocycles. The van der Waals surface area contributed by atoms with Gasteiger partial charge in [-0.15, -0.1) is 0 Å². The van der Waals surface area contributed by atoms with Crippen LogP contribution in [0.1, 0.15) is 31.8 Å². The topological polar surface area (TPSA) is 102 Å². The van der Waals surface area contributed by atoms with E-state index in [-0.39, 0.29) is 22.5 Å². The number of ether oxygens (including phenoxy) is 1. The van der Waals surface area contributed by atoms with Gasteiger partial charge in [0.1, 0.15) is 17.4 Å². The van der Waals surface area contributed by atoms with Crippen LogP contribution in [0.15, 0.2) is 65.7 Å². The fourth-order valence-electron chi connectivity index (χ4n) is 2.94. The second-order valence-electron chi connectivity index (χ2n) is 6.39.